The van der Waals surface area contributed by atoms with Gasteiger partial charge in [0.15, 0.2) is 22.9 Å². The monoisotopic (exact) mass is 546 g/mol. The Hall–Kier alpha value is -4.37. The largest absolute Gasteiger partial charge is 0.573 e. The van der Waals surface area contributed by atoms with Crippen LogP contribution in [0.1, 0.15) is 26.5 Å². The molecule has 3 aromatic rings. The molecular weight excluding hydrogens is 535 g/mol. The van der Waals surface area contributed by atoms with Crippen LogP contribution in [0.5, 0.6) is 23.0 Å². The highest BCUT2D eigenvalue weighted by atomic mass is 19.4. The Bertz CT molecular complexity index is 1400. The van der Waals surface area contributed by atoms with Crippen molar-refractivity contribution in [1.82, 2.24) is 9.97 Å². The van der Waals surface area contributed by atoms with Crippen molar-refractivity contribution >= 4 is 41.0 Å². The van der Waals surface area contributed by atoms with Crippen molar-refractivity contribution in [1.29, 1.82) is 0 Å². The third-order valence-electron chi connectivity index (χ3n) is 4.32. The number of amides is 2. The molecule has 0 unspecified atom stereocenters. The Kier molecular flexibility index (Phi) is 8.07. The number of nitrogens with one attached hydrogen (secondary N) is 1. The molecule has 9 nitrogen and oxygen atoms in total. The lowest BCUT2D eigenvalue weighted by Gasteiger charge is -2.25. The molecule has 0 aliphatic rings. The Morgan fingerprint density at radius 1 is 0.872 bits per heavy atom. The average molecular weight is 546 g/mol. The number of carbonyl (C=O) groups is 2. The first-order valence-electron chi connectivity index (χ1n) is 10.2. The molecular formula is C21H11B3F6N4O5. The standard InChI is InChI=1S/C21H11B3F6N4O5/c22-20(23,24)39-14-7-11(38-21(28,29)30)1-2-13(14)37-15-5-9(19(25,26)27)8-33-16(15)18(36)34-10-3-4-32-12(6-10)17(31)35/h1-8H,(H2,31,35)(H,32,34,36). The van der Waals surface area contributed by atoms with Gasteiger partial charge in [-0.05, 0) is 35.6 Å². The fourth-order valence-electron chi connectivity index (χ4n) is 2.84. The second-order valence-electron chi connectivity index (χ2n) is 7.53. The Balaban J connectivity index is 2.06. The fraction of sp³-hybridized carbons (Fsp3) is 0.143. The summed E-state index contributed by atoms with van der Waals surface area (Å²) in [7, 11) is 16.0. The minimum Gasteiger partial charge on any atom is -0.512 e. The molecule has 0 atom stereocenters. The number of primary amides is 1. The first-order valence-corrected chi connectivity index (χ1v) is 10.2. The van der Waals surface area contributed by atoms with E-state index in [2.05, 4.69) is 20.0 Å². The maximum atomic E-state index is 13.4. The van der Waals surface area contributed by atoms with Gasteiger partial charge in [-0.2, -0.15) is 13.2 Å². The van der Waals surface area contributed by atoms with Crippen LogP contribution in [0.4, 0.5) is 32.0 Å². The zero-order chi connectivity index (χ0) is 29.2. The SMILES string of the molecule is [B]C([B])([B])Oc1cc(OC(F)(F)F)ccc1Oc1cc(C(F)(F)F)cnc1C(=O)Nc1ccnc(C(N)=O)c1. The van der Waals surface area contributed by atoms with E-state index < -0.39 is 63.9 Å². The number of alkyl halides is 6. The lowest BCUT2D eigenvalue weighted by atomic mass is 9.52. The van der Waals surface area contributed by atoms with Crippen molar-refractivity contribution < 1.29 is 50.1 Å². The van der Waals surface area contributed by atoms with Gasteiger partial charge in [-0.3, -0.25) is 14.6 Å². The Morgan fingerprint density at radius 2 is 1.56 bits per heavy atom. The van der Waals surface area contributed by atoms with Crippen LogP contribution in [0.15, 0.2) is 48.8 Å². The van der Waals surface area contributed by atoms with Crippen LogP contribution < -0.4 is 25.3 Å². The lowest BCUT2D eigenvalue weighted by molar-refractivity contribution is -0.274. The average Bonchev–Trinajstić information content (AvgIpc) is 2.78. The molecule has 18 heteroatoms. The van der Waals surface area contributed by atoms with E-state index in [-0.39, 0.29) is 11.4 Å². The second kappa shape index (κ2) is 10.8. The number of carbonyl (C=O) groups excluding carboxylic acids is 2. The topological polar surface area (TPSA) is 126 Å². The number of pyridine rings is 2. The van der Waals surface area contributed by atoms with Crippen LogP contribution in [-0.4, -0.2) is 57.0 Å². The molecule has 6 radical (unpaired) electrons. The number of aromatic nitrogens is 2. The maximum Gasteiger partial charge on any atom is 0.573 e. The van der Waals surface area contributed by atoms with Crippen LogP contribution in [0, 0.1) is 0 Å². The van der Waals surface area contributed by atoms with E-state index in [0.717, 1.165) is 24.4 Å². The number of hydrogen-bond donors (Lipinski definition) is 2. The molecule has 196 valence electrons. The van der Waals surface area contributed by atoms with Crippen molar-refractivity contribution in [3.63, 3.8) is 0 Å². The van der Waals surface area contributed by atoms with Gasteiger partial charge in [0.25, 0.3) is 11.8 Å². The quantitative estimate of drug-likeness (QED) is 0.329. The summed E-state index contributed by atoms with van der Waals surface area (Å²) in [6.45, 7) is 0. The molecule has 3 N–H and O–H groups in total. The fourth-order valence-corrected chi connectivity index (χ4v) is 2.84. The van der Waals surface area contributed by atoms with E-state index >= 15 is 0 Å². The number of hydrogen-bond acceptors (Lipinski definition) is 7. The van der Waals surface area contributed by atoms with Crippen molar-refractivity contribution in [3.05, 3.63) is 65.7 Å². The van der Waals surface area contributed by atoms with Gasteiger partial charge >= 0.3 is 12.5 Å². The van der Waals surface area contributed by atoms with E-state index in [1.807, 2.05) is 0 Å². The molecule has 0 aliphatic carbocycles. The smallest absolute Gasteiger partial charge is 0.512 e. The molecule has 0 saturated heterocycles. The molecule has 0 fully saturated rings. The first kappa shape index (κ1) is 29.2. The number of nitrogens with two attached hydrogens (primary N) is 1. The highest BCUT2D eigenvalue weighted by Gasteiger charge is 2.34. The number of halogens is 6. The van der Waals surface area contributed by atoms with Crippen LogP contribution in [0.3, 0.4) is 0 Å². The van der Waals surface area contributed by atoms with Gasteiger partial charge in [0.2, 0.25) is 0 Å². The van der Waals surface area contributed by atoms with Gasteiger partial charge < -0.3 is 25.3 Å². The number of anilines is 1. The predicted molar refractivity (Wildman–Crippen MR) is 124 cm³/mol. The summed E-state index contributed by atoms with van der Waals surface area (Å²) in [5.74, 6) is -5.00. The van der Waals surface area contributed by atoms with E-state index in [0.29, 0.717) is 18.3 Å². The van der Waals surface area contributed by atoms with Crippen LogP contribution in [0.2, 0.25) is 0 Å². The van der Waals surface area contributed by atoms with Crippen molar-refractivity contribution in [3.8, 4) is 23.0 Å². The van der Waals surface area contributed by atoms with E-state index in [1.165, 1.54) is 6.07 Å². The number of rotatable bonds is 8. The van der Waals surface area contributed by atoms with Crippen LogP contribution in [0.25, 0.3) is 0 Å². The summed E-state index contributed by atoms with van der Waals surface area (Å²) in [5.41, 5.74) is 2.79. The molecule has 3 rings (SSSR count). The molecule has 1 aromatic carbocycles. The molecule has 0 spiro atoms. The lowest BCUT2D eigenvalue weighted by Crippen LogP contribution is -2.37. The minimum absolute atomic E-state index is 0.0340. The summed E-state index contributed by atoms with van der Waals surface area (Å²) in [6.07, 6.45) is -8.60. The van der Waals surface area contributed by atoms with Gasteiger partial charge in [-0.1, -0.05) is 0 Å². The third-order valence-corrected chi connectivity index (χ3v) is 4.32. The van der Waals surface area contributed by atoms with Crippen molar-refractivity contribution in [2.45, 2.75) is 17.8 Å². The Morgan fingerprint density at radius 3 is 2.15 bits per heavy atom. The Labute approximate surface area is 219 Å². The van der Waals surface area contributed by atoms with Crippen molar-refractivity contribution in [2.24, 2.45) is 5.73 Å². The first-order chi connectivity index (χ1) is 17.9. The minimum atomic E-state index is -5.12. The molecule has 0 saturated carbocycles. The zero-order valence-electron chi connectivity index (χ0n) is 19.1. The summed E-state index contributed by atoms with van der Waals surface area (Å²) in [5, 5.41) is -0.207. The third kappa shape index (κ3) is 8.31. The van der Waals surface area contributed by atoms with Crippen molar-refractivity contribution in [2.75, 3.05) is 5.32 Å². The molecule has 2 amide bonds. The summed E-state index contributed by atoms with van der Waals surface area (Å²) in [6, 6.07) is 4.83. The van der Waals surface area contributed by atoms with Gasteiger partial charge in [0, 0.05) is 24.1 Å². The second-order valence-corrected chi connectivity index (χ2v) is 7.53. The van der Waals surface area contributed by atoms with Crippen LogP contribution in [-0.2, 0) is 6.18 Å². The van der Waals surface area contributed by atoms with Crippen LogP contribution >= 0.6 is 0 Å². The highest BCUT2D eigenvalue weighted by Crippen LogP contribution is 2.40. The summed E-state index contributed by atoms with van der Waals surface area (Å²) < 4.78 is 92.2. The molecule has 39 heavy (non-hydrogen) atoms. The zero-order valence-corrected chi connectivity index (χ0v) is 19.1. The van der Waals surface area contributed by atoms with Gasteiger partial charge in [-0.15, -0.1) is 13.2 Å². The summed E-state index contributed by atoms with van der Waals surface area (Å²) >= 11 is 0. The number of nitrogens with zero attached hydrogens (tertiary/aromatic N) is 2. The van der Waals surface area contributed by atoms with E-state index in [4.69, 9.17) is 38.7 Å². The van der Waals surface area contributed by atoms with Gasteiger partial charge in [0.1, 0.15) is 35.0 Å². The molecule has 2 heterocycles. The number of ether oxygens (including phenoxy) is 3. The van der Waals surface area contributed by atoms with Gasteiger partial charge in [-0.25, -0.2) is 4.98 Å². The molecule has 0 aliphatic heterocycles. The van der Waals surface area contributed by atoms with Gasteiger partial charge in [0.05, 0.1) is 5.56 Å². The normalized spacial score (nSPS) is 11.9. The number of benzene rings is 1. The predicted octanol–water partition coefficient (Wildman–Crippen LogP) is 3.03. The highest BCUT2D eigenvalue weighted by molar-refractivity contribution is 6.58. The maximum absolute atomic E-state index is 13.4. The van der Waals surface area contributed by atoms with E-state index in [9.17, 15) is 35.9 Å². The van der Waals surface area contributed by atoms with E-state index in [1.54, 1.807) is 0 Å². The molecule has 0 bridgehead atoms. The summed E-state index contributed by atoms with van der Waals surface area (Å²) in [4.78, 5) is 31.4. The molecule has 2 aromatic heterocycles.